The number of nitrogens with zero attached hydrogens (tertiary/aromatic N) is 6. The van der Waals surface area contributed by atoms with Gasteiger partial charge in [0.05, 0.1) is 50.5 Å². The van der Waals surface area contributed by atoms with Gasteiger partial charge >= 0.3 is 118 Å². The minimum atomic E-state index is -5.35. The van der Waals surface area contributed by atoms with Gasteiger partial charge in [0.25, 0.3) is 0 Å². The molecule has 4 aromatic rings. The topological polar surface area (TPSA) is 324 Å². The maximum atomic E-state index is 12.7. The summed E-state index contributed by atoms with van der Waals surface area (Å²) in [6.45, 7) is -0.121. The summed E-state index contributed by atoms with van der Waals surface area (Å²) in [6.07, 6.45) is 0. The Hall–Kier alpha value is 0.730. The van der Waals surface area contributed by atoms with Crippen LogP contribution in [0.3, 0.4) is 0 Å². The van der Waals surface area contributed by atoms with E-state index in [0.717, 1.165) is 12.1 Å². The van der Waals surface area contributed by atoms with E-state index in [9.17, 15) is 42.3 Å². The number of halogens is 1. The Morgan fingerprint density at radius 2 is 1.56 bits per heavy atom. The summed E-state index contributed by atoms with van der Waals surface area (Å²) < 4.78 is 80.2. The molecule has 0 fully saturated rings. The zero-order valence-corrected chi connectivity index (χ0v) is 42.9. The maximum Gasteiger partial charge on any atom is 1.00 e. The third-order valence-corrected chi connectivity index (χ3v) is 10.6. The quantitative estimate of drug-likeness (QED) is 0.0149. The standard InChI is InChI=1S/C24H24ClN7O16S5.4Na/c1-32(8-10-49-46-43-34)24-28-22(25)27-23(29-24)26-17-7-6-15-16(21(17)53(39,40)41)12-18(50-47-44-35)19(20(15)33)31-30-13-2-4-14(5-3-13)52(37,38)11-9-42-51-48-45-36;;;;/h2-7,12,33-36H,8-11H2,1H3,(H,39,40,41)(H,26,27,28,29);;;;/q;4*+1/p-4. The number of nitrogens with one attached hydrogen (secondary N) is 1. The van der Waals surface area contributed by atoms with Gasteiger partial charge in [-0.1, -0.05) is 0 Å². The molecule has 1 aromatic heterocycles. The van der Waals surface area contributed by atoms with Crippen LogP contribution in [0, 0.1) is 0 Å². The van der Waals surface area contributed by atoms with Crippen LogP contribution in [-0.2, 0) is 52.3 Å². The van der Waals surface area contributed by atoms with Gasteiger partial charge < -0.3 is 35.6 Å². The van der Waals surface area contributed by atoms with Crippen molar-refractivity contribution in [2.24, 2.45) is 10.2 Å². The average Bonchev–Trinajstić information content (AvgIpc) is 3.11. The number of rotatable bonds is 21. The fraction of sp³-hybridized carbons (Fsp3) is 0.208. The van der Waals surface area contributed by atoms with Crippen molar-refractivity contribution in [3.05, 3.63) is 47.7 Å². The Morgan fingerprint density at radius 3 is 2.19 bits per heavy atom. The van der Waals surface area contributed by atoms with Gasteiger partial charge in [0.2, 0.25) is 17.2 Å². The third-order valence-electron chi connectivity index (χ3n) is 6.36. The van der Waals surface area contributed by atoms with Gasteiger partial charge in [0.15, 0.2) is 27.9 Å². The first-order valence-electron chi connectivity index (χ1n) is 13.7. The minimum absolute atomic E-state index is 0. The normalized spacial score (nSPS) is 11.3. The van der Waals surface area contributed by atoms with Crippen LogP contribution in [0.5, 0.6) is 5.75 Å². The number of phenols is 1. The Bertz CT molecular complexity index is 2140. The van der Waals surface area contributed by atoms with Crippen molar-refractivity contribution in [3.63, 3.8) is 0 Å². The van der Waals surface area contributed by atoms with Crippen molar-refractivity contribution in [2.75, 3.05) is 41.9 Å². The molecule has 33 heteroatoms. The Kier molecular flexibility index (Phi) is 28.8. The van der Waals surface area contributed by atoms with Crippen LogP contribution in [-0.4, -0.2) is 73.2 Å². The molecule has 3 aromatic carbocycles. The number of aromatic nitrogens is 3. The van der Waals surface area contributed by atoms with E-state index in [1.807, 2.05) is 0 Å². The second kappa shape index (κ2) is 28.4. The van der Waals surface area contributed by atoms with E-state index in [2.05, 4.69) is 58.6 Å². The molecule has 0 bridgehead atoms. The van der Waals surface area contributed by atoms with E-state index < -0.39 is 36.4 Å². The first-order valence-corrected chi connectivity index (χ1v) is 19.4. The summed E-state index contributed by atoms with van der Waals surface area (Å²) in [5.74, 6) is -1.24. The molecule has 0 saturated carbocycles. The molecular weight excluding hydrogens is 930 g/mol. The molecule has 57 heavy (non-hydrogen) atoms. The van der Waals surface area contributed by atoms with Gasteiger partial charge in [-0.05, 0) is 54.1 Å². The van der Waals surface area contributed by atoms with Crippen molar-refractivity contribution < 1.29 is 193 Å². The summed E-state index contributed by atoms with van der Waals surface area (Å²) in [6, 6.07) is 8.38. The van der Waals surface area contributed by atoms with Gasteiger partial charge in [-0.25, -0.2) is 16.8 Å². The summed E-state index contributed by atoms with van der Waals surface area (Å²) in [4.78, 5) is 12.3. The van der Waals surface area contributed by atoms with Crippen molar-refractivity contribution in [2.45, 2.75) is 14.7 Å². The monoisotopic (exact) mass is 949 g/mol. The summed E-state index contributed by atoms with van der Waals surface area (Å²) in [5, 5.41) is 61.0. The fourth-order valence-corrected chi connectivity index (χ4v) is 7.47. The first kappa shape index (κ1) is 57.7. The Labute approximate surface area is 429 Å². The number of sulfone groups is 1. The molecule has 23 nitrogen and oxygen atoms in total. The van der Waals surface area contributed by atoms with E-state index in [-0.39, 0.29) is 216 Å². The van der Waals surface area contributed by atoms with Crippen LogP contribution < -0.4 is 144 Å². The van der Waals surface area contributed by atoms with Gasteiger partial charge in [0.1, 0.15) is 15.8 Å². The molecular formula is C24H20ClN7Na4O16S5. The van der Waals surface area contributed by atoms with Crippen molar-refractivity contribution in [1.82, 2.24) is 15.0 Å². The van der Waals surface area contributed by atoms with E-state index in [1.54, 1.807) is 7.05 Å². The molecule has 1 heterocycles. The molecule has 0 unspecified atom stereocenters. The first-order chi connectivity index (χ1) is 25.3. The van der Waals surface area contributed by atoms with E-state index >= 15 is 0 Å². The zero-order chi connectivity index (χ0) is 38.6. The average molecular weight is 950 g/mol. The number of azo groups is 1. The molecule has 2 N–H and O–H groups in total. The molecule has 0 saturated heterocycles. The van der Waals surface area contributed by atoms with Crippen molar-refractivity contribution in [3.8, 4) is 5.75 Å². The number of hydrogen-bond acceptors (Lipinski definition) is 26. The molecule has 0 amide bonds. The number of fused-ring (bicyclic) bond motifs is 1. The van der Waals surface area contributed by atoms with Crippen molar-refractivity contribution in [1.29, 1.82) is 0 Å². The van der Waals surface area contributed by atoms with Crippen LogP contribution in [0.4, 0.5) is 29.0 Å². The summed E-state index contributed by atoms with van der Waals surface area (Å²) in [7, 11) is -7.63. The zero-order valence-electron chi connectivity index (χ0n) is 30.0. The fourth-order valence-electron chi connectivity index (χ4n) is 4.14. The molecule has 0 aliphatic rings. The van der Waals surface area contributed by atoms with Crippen LogP contribution in [0.15, 0.2) is 67.4 Å². The Morgan fingerprint density at radius 1 is 0.895 bits per heavy atom. The van der Waals surface area contributed by atoms with E-state index in [0.29, 0.717) is 12.0 Å². The molecule has 0 aliphatic heterocycles. The van der Waals surface area contributed by atoms with E-state index in [4.69, 9.17) is 15.8 Å². The molecule has 0 atom stereocenters. The third kappa shape index (κ3) is 17.4. The largest absolute Gasteiger partial charge is 1.00 e. The maximum absolute atomic E-state index is 12.7. The van der Waals surface area contributed by atoms with Crippen LogP contribution in [0.25, 0.3) is 10.8 Å². The van der Waals surface area contributed by atoms with Crippen LogP contribution in [0.1, 0.15) is 0 Å². The van der Waals surface area contributed by atoms with Crippen molar-refractivity contribution >= 4 is 108 Å². The van der Waals surface area contributed by atoms with E-state index in [1.165, 1.54) is 35.2 Å². The summed E-state index contributed by atoms with van der Waals surface area (Å²) in [5.41, 5.74) is -0.636. The van der Waals surface area contributed by atoms with Crippen LogP contribution >= 0.6 is 48.0 Å². The van der Waals surface area contributed by atoms with Crippen LogP contribution in [0.2, 0.25) is 5.28 Å². The second-order valence-corrected chi connectivity index (χ2v) is 15.3. The smallest absolute Gasteiger partial charge is 0.744 e. The number of benzene rings is 3. The van der Waals surface area contributed by atoms with Gasteiger partial charge in [-0.2, -0.15) is 28.7 Å². The SMILES string of the molecule is CN(CCSOO[O-])c1nc(Cl)nc(Nc2ccc3c(O)c(N=Nc4ccc(S(=O)(=O)CCOSOO[O-])cc4)c(SOO[O-])cc3c2S(=O)(=O)[O-])n1.[Na+].[Na+].[Na+].[Na+]. The number of anilines is 3. The molecule has 288 valence electrons. The summed E-state index contributed by atoms with van der Waals surface area (Å²) >= 11 is 7.11. The molecule has 4 rings (SSSR count). The Balaban J connectivity index is 0.00000784. The van der Waals surface area contributed by atoms with Gasteiger partial charge in [0, 0.05) is 42.2 Å². The molecule has 0 aliphatic carbocycles. The number of hydrogen-bond donors (Lipinski definition) is 2. The number of aromatic hydroxyl groups is 1. The number of phenolic OH excluding ortho intramolecular Hbond substituents is 1. The predicted octanol–water partition coefficient (Wildman–Crippen LogP) is -10.4. The molecule has 0 spiro atoms. The van der Waals surface area contributed by atoms with Gasteiger partial charge in [-0.15, -0.1) is 9.45 Å². The minimum Gasteiger partial charge on any atom is -0.744 e. The molecule has 0 radical (unpaired) electrons. The van der Waals surface area contributed by atoms with Gasteiger partial charge in [-0.3, -0.25) is 19.3 Å². The predicted molar refractivity (Wildman–Crippen MR) is 176 cm³/mol. The second-order valence-electron chi connectivity index (χ2n) is 9.55.